The van der Waals surface area contributed by atoms with Crippen molar-refractivity contribution in [2.75, 3.05) is 7.11 Å². The van der Waals surface area contributed by atoms with Gasteiger partial charge in [-0.05, 0) is 78.8 Å². The highest BCUT2D eigenvalue weighted by Crippen LogP contribution is 2.23. The van der Waals surface area contributed by atoms with Crippen molar-refractivity contribution in [2.45, 2.75) is 47.3 Å². The van der Waals surface area contributed by atoms with Crippen molar-refractivity contribution in [3.8, 4) is 23.6 Å². The molecule has 4 rings (SSSR count). The predicted octanol–water partition coefficient (Wildman–Crippen LogP) is 7.71. The molecule has 0 saturated heterocycles. The van der Waals surface area contributed by atoms with Crippen molar-refractivity contribution in [3.05, 3.63) is 129 Å². The molecule has 0 unspecified atom stereocenters. The summed E-state index contributed by atoms with van der Waals surface area (Å²) in [5, 5.41) is 21.8. The fourth-order valence-corrected chi connectivity index (χ4v) is 4.09. The fraction of sp³-hybridized carbons (Fsp3) is 0.229. The summed E-state index contributed by atoms with van der Waals surface area (Å²) in [5.41, 5.74) is 8.50. The first-order chi connectivity index (χ1) is 19.9. The minimum Gasteiger partial charge on any atom is -0.489 e. The van der Waals surface area contributed by atoms with E-state index in [0.717, 1.165) is 50.4 Å². The SMILES string of the molecule is CON=C(C#N)c1ccccc1COc1cc(C)ccc1C.Cc1ccc(C)c(OCc2ccccc2CC#N)c1. The molecule has 0 N–H and O–H groups in total. The molecule has 0 bridgehead atoms. The molecular weight excluding hydrogens is 510 g/mol. The fourth-order valence-electron chi connectivity index (χ4n) is 4.09. The number of nitrogens with zero attached hydrogens (tertiary/aromatic N) is 3. The summed E-state index contributed by atoms with van der Waals surface area (Å²) in [4.78, 5) is 4.73. The minimum absolute atomic E-state index is 0.239. The molecule has 6 heteroatoms. The van der Waals surface area contributed by atoms with Gasteiger partial charge in [0, 0.05) is 5.56 Å². The molecule has 0 aromatic heterocycles. The Bertz CT molecular complexity index is 1580. The van der Waals surface area contributed by atoms with Crippen LogP contribution in [0.15, 0.2) is 90.1 Å². The highest BCUT2D eigenvalue weighted by atomic mass is 16.6. The van der Waals surface area contributed by atoms with Gasteiger partial charge in [-0.25, -0.2) is 0 Å². The van der Waals surface area contributed by atoms with Gasteiger partial charge in [-0.3, -0.25) is 0 Å². The van der Waals surface area contributed by atoms with E-state index in [1.165, 1.54) is 12.7 Å². The summed E-state index contributed by atoms with van der Waals surface area (Å²) in [6, 6.07) is 31.9. The summed E-state index contributed by atoms with van der Waals surface area (Å²) in [6.45, 7) is 8.99. The first kappa shape index (κ1) is 30.5. The monoisotopic (exact) mass is 545 g/mol. The molecular formula is C35H35N3O3. The topological polar surface area (TPSA) is 87.6 Å². The van der Waals surface area contributed by atoms with Gasteiger partial charge < -0.3 is 14.3 Å². The van der Waals surface area contributed by atoms with Gasteiger partial charge >= 0.3 is 0 Å². The van der Waals surface area contributed by atoms with Gasteiger partial charge in [-0.1, -0.05) is 78.0 Å². The zero-order valence-corrected chi connectivity index (χ0v) is 24.3. The second-order valence-corrected chi connectivity index (χ2v) is 9.61. The molecule has 0 aliphatic heterocycles. The number of oxime groups is 1. The Kier molecular flexibility index (Phi) is 11.5. The molecule has 6 nitrogen and oxygen atoms in total. The normalized spacial score (nSPS) is 10.5. The number of benzene rings is 4. The van der Waals surface area contributed by atoms with Gasteiger partial charge in [0.15, 0.2) is 5.71 Å². The highest BCUT2D eigenvalue weighted by Gasteiger charge is 2.11. The average molecular weight is 546 g/mol. The third-order valence-electron chi connectivity index (χ3n) is 6.40. The average Bonchev–Trinajstić information content (AvgIpc) is 2.98. The standard InChI is InChI=1S/C18H18N2O2.C17H17NO/c1-13-8-9-14(2)18(10-13)22-12-15-6-4-5-7-16(15)17(11-19)20-21-3;1-13-7-8-14(2)17(11-13)19-12-16-6-4-3-5-15(16)9-10-18/h4-10H,12H2,1-3H3;3-8,11H,9,12H2,1-2H3. The van der Waals surface area contributed by atoms with Crippen molar-refractivity contribution in [1.82, 2.24) is 0 Å². The van der Waals surface area contributed by atoms with Crippen LogP contribution in [0.2, 0.25) is 0 Å². The van der Waals surface area contributed by atoms with Crippen LogP contribution in [0, 0.1) is 50.4 Å². The van der Waals surface area contributed by atoms with E-state index in [-0.39, 0.29) is 5.71 Å². The van der Waals surface area contributed by atoms with E-state index in [2.05, 4.69) is 36.3 Å². The van der Waals surface area contributed by atoms with Crippen LogP contribution in [0.25, 0.3) is 0 Å². The molecule has 0 radical (unpaired) electrons. The van der Waals surface area contributed by atoms with Crippen LogP contribution in [0.3, 0.4) is 0 Å². The second-order valence-electron chi connectivity index (χ2n) is 9.61. The van der Waals surface area contributed by atoms with Crippen LogP contribution in [0.1, 0.15) is 44.5 Å². The van der Waals surface area contributed by atoms with E-state index in [9.17, 15) is 5.26 Å². The van der Waals surface area contributed by atoms with Gasteiger partial charge in [0.05, 0.1) is 12.5 Å². The lowest BCUT2D eigenvalue weighted by Crippen LogP contribution is -2.06. The van der Waals surface area contributed by atoms with Crippen LogP contribution >= 0.6 is 0 Å². The number of aryl methyl sites for hydroxylation is 4. The lowest BCUT2D eigenvalue weighted by molar-refractivity contribution is 0.214. The van der Waals surface area contributed by atoms with E-state index >= 15 is 0 Å². The van der Waals surface area contributed by atoms with E-state index in [4.69, 9.17) is 19.6 Å². The summed E-state index contributed by atoms with van der Waals surface area (Å²) in [5.74, 6) is 1.75. The number of hydrogen-bond donors (Lipinski definition) is 0. The highest BCUT2D eigenvalue weighted by molar-refractivity contribution is 6.12. The third kappa shape index (κ3) is 8.98. The zero-order chi connectivity index (χ0) is 29.6. The first-order valence-corrected chi connectivity index (χ1v) is 13.3. The van der Waals surface area contributed by atoms with Crippen molar-refractivity contribution in [1.29, 1.82) is 10.5 Å². The Hall–Kier alpha value is -5.07. The van der Waals surface area contributed by atoms with Crippen molar-refractivity contribution in [3.63, 3.8) is 0 Å². The largest absolute Gasteiger partial charge is 0.489 e. The van der Waals surface area contributed by atoms with Crippen LogP contribution in [0.5, 0.6) is 11.5 Å². The van der Waals surface area contributed by atoms with E-state index in [0.29, 0.717) is 19.6 Å². The lowest BCUT2D eigenvalue weighted by atomic mass is 10.0. The van der Waals surface area contributed by atoms with Crippen molar-refractivity contribution >= 4 is 5.71 Å². The molecule has 0 aliphatic rings. The Balaban J connectivity index is 0.000000228. The minimum atomic E-state index is 0.239. The molecule has 0 spiro atoms. The third-order valence-corrected chi connectivity index (χ3v) is 6.40. The van der Waals surface area contributed by atoms with Gasteiger partial charge in [-0.2, -0.15) is 10.5 Å². The Labute approximate surface area is 243 Å². The molecule has 0 aliphatic carbocycles. The van der Waals surface area contributed by atoms with Crippen LogP contribution in [0.4, 0.5) is 0 Å². The van der Waals surface area contributed by atoms with E-state index in [1.807, 2.05) is 93.6 Å². The maximum Gasteiger partial charge on any atom is 0.187 e. The number of ether oxygens (including phenoxy) is 2. The van der Waals surface area contributed by atoms with Gasteiger partial charge in [0.2, 0.25) is 0 Å². The molecule has 4 aromatic rings. The van der Waals surface area contributed by atoms with E-state index < -0.39 is 0 Å². The Morgan fingerprint density at radius 2 is 1.20 bits per heavy atom. The number of rotatable bonds is 9. The van der Waals surface area contributed by atoms with Gasteiger partial charge in [0.1, 0.15) is 37.9 Å². The van der Waals surface area contributed by atoms with E-state index in [1.54, 1.807) is 0 Å². The molecule has 208 valence electrons. The van der Waals surface area contributed by atoms with Crippen molar-refractivity contribution < 1.29 is 14.3 Å². The maximum atomic E-state index is 9.20. The summed E-state index contributed by atoms with van der Waals surface area (Å²) in [6.07, 6.45) is 0.423. The molecule has 41 heavy (non-hydrogen) atoms. The Morgan fingerprint density at radius 1 is 0.683 bits per heavy atom. The summed E-state index contributed by atoms with van der Waals surface area (Å²) < 4.78 is 11.8. The van der Waals surface area contributed by atoms with Gasteiger partial charge in [0.25, 0.3) is 0 Å². The molecule has 0 atom stereocenters. The first-order valence-electron chi connectivity index (χ1n) is 13.3. The number of hydrogen-bond acceptors (Lipinski definition) is 6. The zero-order valence-electron chi connectivity index (χ0n) is 24.3. The molecule has 0 amide bonds. The Morgan fingerprint density at radius 3 is 1.73 bits per heavy atom. The molecule has 0 fully saturated rings. The van der Waals surface area contributed by atoms with Crippen molar-refractivity contribution in [2.24, 2.45) is 5.16 Å². The summed E-state index contributed by atoms with van der Waals surface area (Å²) >= 11 is 0. The lowest BCUT2D eigenvalue weighted by Gasteiger charge is -2.12. The van der Waals surface area contributed by atoms with Crippen LogP contribution in [-0.4, -0.2) is 12.8 Å². The quantitative estimate of drug-likeness (QED) is 0.159. The van der Waals surface area contributed by atoms with Crippen LogP contribution < -0.4 is 9.47 Å². The molecule has 0 saturated carbocycles. The van der Waals surface area contributed by atoms with Gasteiger partial charge in [-0.15, -0.1) is 0 Å². The second kappa shape index (κ2) is 15.5. The number of nitriles is 2. The van der Waals surface area contributed by atoms with Crippen LogP contribution in [-0.2, 0) is 24.5 Å². The smallest absolute Gasteiger partial charge is 0.187 e. The molecule has 4 aromatic carbocycles. The maximum absolute atomic E-state index is 9.20. The summed E-state index contributed by atoms with van der Waals surface area (Å²) in [7, 11) is 1.42. The molecule has 0 heterocycles. The predicted molar refractivity (Wildman–Crippen MR) is 162 cm³/mol.